The van der Waals surface area contributed by atoms with E-state index in [4.69, 9.17) is 9.47 Å². The molecular weight excluding hydrogens is 444 g/mol. The number of benzene rings is 1. The second-order valence-electron chi connectivity index (χ2n) is 9.01. The molecule has 1 N–H and O–H groups in total. The first-order chi connectivity index (χ1) is 15.5. The molecule has 0 fully saturated rings. The molecule has 0 heterocycles. The van der Waals surface area contributed by atoms with E-state index in [1.54, 1.807) is 12.1 Å². The Kier molecular flexibility index (Phi) is 12.1. The van der Waals surface area contributed by atoms with Crippen LogP contribution in [0.15, 0.2) is 29.2 Å². The third kappa shape index (κ3) is 9.45. The van der Waals surface area contributed by atoms with Crippen LogP contribution in [-0.2, 0) is 29.2 Å². The fourth-order valence-electron chi connectivity index (χ4n) is 3.63. The van der Waals surface area contributed by atoms with Gasteiger partial charge < -0.3 is 9.47 Å². The number of rotatable bonds is 15. The van der Waals surface area contributed by atoms with Gasteiger partial charge in [0, 0.05) is 0 Å². The topological polar surface area (TPSA) is 107 Å². The average molecular weight is 485 g/mol. The molecule has 1 aromatic rings. The van der Waals surface area contributed by atoms with E-state index in [1.165, 1.54) is 12.1 Å². The van der Waals surface area contributed by atoms with E-state index >= 15 is 0 Å². The van der Waals surface area contributed by atoms with Crippen molar-refractivity contribution in [1.29, 1.82) is 0 Å². The van der Waals surface area contributed by atoms with Gasteiger partial charge >= 0.3 is 11.9 Å². The molecule has 0 spiro atoms. The number of carbonyl (C=O) groups is 2. The van der Waals surface area contributed by atoms with E-state index in [2.05, 4.69) is 0 Å². The molecule has 0 aromatic heterocycles. The highest BCUT2D eigenvalue weighted by Crippen LogP contribution is 2.36. The molecule has 1 rings (SSSR count). The second kappa shape index (κ2) is 13.7. The molecule has 0 bridgehead atoms. The van der Waals surface area contributed by atoms with Gasteiger partial charge in [-0.3, -0.25) is 14.1 Å². The van der Waals surface area contributed by atoms with Crippen LogP contribution >= 0.6 is 0 Å². The van der Waals surface area contributed by atoms with Crippen LogP contribution < -0.4 is 0 Å². The summed E-state index contributed by atoms with van der Waals surface area (Å²) in [5, 5.41) is 0. The van der Waals surface area contributed by atoms with Crippen molar-refractivity contribution in [1.82, 2.24) is 0 Å². The van der Waals surface area contributed by atoms with Crippen molar-refractivity contribution in [2.45, 2.75) is 90.4 Å². The van der Waals surface area contributed by atoms with Gasteiger partial charge in [0.2, 0.25) is 0 Å². The zero-order valence-corrected chi connectivity index (χ0v) is 21.4. The minimum atomic E-state index is -4.27. The largest absolute Gasteiger partial charge is 0.465 e. The van der Waals surface area contributed by atoms with Gasteiger partial charge in [-0.15, -0.1) is 0 Å². The van der Waals surface area contributed by atoms with Crippen molar-refractivity contribution in [3.05, 3.63) is 29.8 Å². The predicted molar refractivity (Wildman–Crippen MR) is 128 cm³/mol. The molecule has 0 aliphatic heterocycles. The first-order valence-electron chi connectivity index (χ1n) is 11.9. The number of hydrogen-bond donors (Lipinski definition) is 1. The minimum Gasteiger partial charge on any atom is -0.465 e. The molecule has 0 saturated carbocycles. The fourth-order valence-corrected chi connectivity index (χ4v) is 4.11. The Morgan fingerprint density at radius 3 is 2.03 bits per heavy atom. The lowest BCUT2D eigenvalue weighted by Crippen LogP contribution is -2.35. The van der Waals surface area contributed by atoms with Crippen LogP contribution in [0.1, 0.15) is 91.0 Å². The van der Waals surface area contributed by atoms with Crippen molar-refractivity contribution < 1.29 is 32.0 Å². The van der Waals surface area contributed by atoms with Gasteiger partial charge in [-0.1, -0.05) is 52.7 Å². The van der Waals surface area contributed by atoms with Crippen molar-refractivity contribution >= 4 is 22.1 Å². The Morgan fingerprint density at radius 2 is 1.55 bits per heavy atom. The molecule has 188 valence electrons. The summed E-state index contributed by atoms with van der Waals surface area (Å²) in [6, 6.07) is 5.95. The zero-order valence-electron chi connectivity index (χ0n) is 20.6. The number of unbranched alkanes of at least 4 members (excludes halogenated alkanes) is 2. The molecule has 33 heavy (non-hydrogen) atoms. The molecule has 0 aliphatic rings. The molecule has 8 heteroatoms. The maximum atomic E-state index is 13.0. The van der Waals surface area contributed by atoms with E-state index in [1.807, 2.05) is 34.6 Å². The normalized spacial score (nSPS) is 15.3. The summed E-state index contributed by atoms with van der Waals surface area (Å²) in [6.07, 6.45) is 4.69. The highest BCUT2D eigenvalue weighted by atomic mass is 32.2. The van der Waals surface area contributed by atoms with E-state index in [9.17, 15) is 22.6 Å². The van der Waals surface area contributed by atoms with Gasteiger partial charge in [-0.05, 0) is 62.6 Å². The van der Waals surface area contributed by atoms with Crippen molar-refractivity contribution in [3.63, 3.8) is 0 Å². The van der Waals surface area contributed by atoms with Crippen LogP contribution in [0.2, 0.25) is 0 Å². The van der Waals surface area contributed by atoms with Gasteiger partial charge in [0.15, 0.2) is 0 Å². The third-order valence-electron chi connectivity index (χ3n) is 6.16. The summed E-state index contributed by atoms with van der Waals surface area (Å²) >= 11 is 0. The molecule has 0 saturated heterocycles. The number of esters is 2. The number of carbonyl (C=O) groups excluding carboxylic acids is 2. The highest BCUT2D eigenvalue weighted by Gasteiger charge is 2.39. The smallest absolute Gasteiger partial charge is 0.311 e. The SMILES string of the molecule is CCCCOC(=O)C(CC(C)c1ccc(S(=O)(=O)O)cc1)CC(C)(CC)C(=O)OCCCC. The second-order valence-corrected chi connectivity index (χ2v) is 10.4. The molecule has 7 nitrogen and oxygen atoms in total. The Hall–Kier alpha value is -1.93. The molecule has 0 amide bonds. The standard InChI is InChI=1S/C25H40O7S/c1-6-9-15-31-23(26)21(18-25(5,8-3)24(27)32-16-10-7-2)17-19(4)20-11-13-22(14-12-20)33(28,29)30/h11-14,19,21H,6-10,15-18H2,1-5H3,(H,28,29,30). The van der Waals surface area contributed by atoms with Gasteiger partial charge in [0.25, 0.3) is 10.1 Å². The predicted octanol–water partition coefficient (Wildman–Crippen LogP) is 5.54. The van der Waals surface area contributed by atoms with Gasteiger partial charge in [0.1, 0.15) is 0 Å². The van der Waals surface area contributed by atoms with Crippen LogP contribution in [0, 0.1) is 11.3 Å². The maximum Gasteiger partial charge on any atom is 0.311 e. The zero-order chi connectivity index (χ0) is 25.1. The summed E-state index contributed by atoms with van der Waals surface area (Å²) < 4.78 is 42.8. The summed E-state index contributed by atoms with van der Waals surface area (Å²) in [5.74, 6) is -1.23. The van der Waals surface area contributed by atoms with Gasteiger partial charge in [-0.25, -0.2) is 0 Å². The summed E-state index contributed by atoms with van der Waals surface area (Å²) in [4.78, 5) is 25.6. The number of hydrogen-bond acceptors (Lipinski definition) is 6. The van der Waals surface area contributed by atoms with E-state index in [-0.39, 0.29) is 22.8 Å². The van der Waals surface area contributed by atoms with Crippen LogP contribution in [-0.4, -0.2) is 38.1 Å². The Morgan fingerprint density at radius 1 is 1.00 bits per heavy atom. The highest BCUT2D eigenvalue weighted by molar-refractivity contribution is 7.85. The summed E-state index contributed by atoms with van der Waals surface area (Å²) in [5.41, 5.74) is 0.0222. The lowest BCUT2D eigenvalue weighted by molar-refractivity contribution is -0.159. The van der Waals surface area contributed by atoms with Gasteiger partial charge in [-0.2, -0.15) is 8.42 Å². The van der Waals surface area contributed by atoms with Crippen molar-refractivity contribution in [2.75, 3.05) is 13.2 Å². The van der Waals surface area contributed by atoms with Crippen LogP contribution in [0.5, 0.6) is 0 Å². The van der Waals surface area contributed by atoms with Crippen LogP contribution in [0.25, 0.3) is 0 Å². The molecule has 0 aliphatic carbocycles. The first-order valence-corrected chi connectivity index (χ1v) is 13.3. The first kappa shape index (κ1) is 29.1. The molecule has 1 aromatic carbocycles. The fraction of sp³-hybridized carbons (Fsp3) is 0.680. The third-order valence-corrected chi connectivity index (χ3v) is 7.03. The molecule has 0 radical (unpaired) electrons. The molecule has 3 unspecified atom stereocenters. The number of ether oxygens (including phenoxy) is 2. The van der Waals surface area contributed by atoms with Crippen molar-refractivity contribution in [2.24, 2.45) is 11.3 Å². The Labute approximate surface area is 199 Å². The molecular formula is C25H40O7S. The van der Waals surface area contributed by atoms with Crippen LogP contribution in [0.4, 0.5) is 0 Å². The Balaban J connectivity index is 3.05. The summed E-state index contributed by atoms with van der Waals surface area (Å²) in [6.45, 7) is 10.4. The van der Waals surface area contributed by atoms with E-state index in [0.717, 1.165) is 31.2 Å². The minimum absolute atomic E-state index is 0.0959. The van der Waals surface area contributed by atoms with Crippen molar-refractivity contribution in [3.8, 4) is 0 Å². The monoisotopic (exact) mass is 484 g/mol. The lowest BCUT2D eigenvalue weighted by atomic mass is 9.75. The van der Waals surface area contributed by atoms with Crippen LogP contribution in [0.3, 0.4) is 0 Å². The molecule has 3 atom stereocenters. The quantitative estimate of drug-likeness (QED) is 0.198. The maximum absolute atomic E-state index is 13.0. The van der Waals surface area contributed by atoms with Gasteiger partial charge in [0.05, 0.1) is 29.4 Å². The Bertz CT molecular complexity index is 848. The lowest BCUT2D eigenvalue weighted by Gasteiger charge is -2.31. The summed E-state index contributed by atoms with van der Waals surface area (Å²) in [7, 11) is -4.27. The van der Waals surface area contributed by atoms with E-state index < -0.39 is 21.5 Å². The average Bonchev–Trinajstić information content (AvgIpc) is 2.78. The van der Waals surface area contributed by atoms with E-state index in [0.29, 0.717) is 32.5 Å².